The summed E-state index contributed by atoms with van der Waals surface area (Å²) in [5.41, 5.74) is 1.03. The van der Waals surface area contributed by atoms with Crippen molar-refractivity contribution in [3.05, 3.63) is 18.0 Å². The Hall–Kier alpha value is -2.70. The van der Waals surface area contributed by atoms with E-state index in [0.29, 0.717) is 62.1 Å². The van der Waals surface area contributed by atoms with Gasteiger partial charge in [-0.15, -0.1) is 0 Å². The van der Waals surface area contributed by atoms with Crippen LogP contribution in [0, 0.1) is 5.92 Å². The fourth-order valence-corrected chi connectivity index (χ4v) is 5.03. The largest absolute Gasteiger partial charge is 0.444 e. The molecule has 3 rings (SSSR count). The van der Waals surface area contributed by atoms with Gasteiger partial charge in [-0.3, -0.25) is 4.79 Å². The number of hydrogen-bond acceptors (Lipinski definition) is 8. The molecule has 0 bridgehead atoms. The Morgan fingerprint density at radius 1 is 1.26 bits per heavy atom. The number of methoxy groups -OCH3 is 1. The van der Waals surface area contributed by atoms with E-state index in [4.69, 9.17) is 19.2 Å². The average molecular weight is 563 g/mol. The van der Waals surface area contributed by atoms with Crippen molar-refractivity contribution in [2.24, 2.45) is 5.92 Å². The van der Waals surface area contributed by atoms with Gasteiger partial charge >= 0.3 is 6.09 Å². The summed E-state index contributed by atoms with van der Waals surface area (Å²) in [6, 6.07) is 0.902. The van der Waals surface area contributed by atoms with Crippen LogP contribution in [0.25, 0.3) is 11.2 Å². The second kappa shape index (κ2) is 13.1. The summed E-state index contributed by atoms with van der Waals surface area (Å²) < 4.78 is 18.4. The van der Waals surface area contributed by atoms with Gasteiger partial charge in [-0.2, -0.15) is 0 Å². The van der Waals surface area contributed by atoms with E-state index >= 15 is 0 Å². The van der Waals surface area contributed by atoms with Gasteiger partial charge in [0.05, 0.1) is 18.4 Å². The zero-order chi connectivity index (χ0) is 28.8. The number of ether oxygens (including phenoxy) is 3. The number of carbonyl (C=O) groups excluding carboxylic acids is 2. The van der Waals surface area contributed by atoms with Gasteiger partial charge in [0.25, 0.3) is 5.91 Å². The van der Waals surface area contributed by atoms with Crippen LogP contribution in [0.5, 0.6) is 0 Å². The minimum Gasteiger partial charge on any atom is -0.444 e. The molecule has 3 heterocycles. The Morgan fingerprint density at radius 3 is 2.67 bits per heavy atom. The first-order valence-corrected chi connectivity index (χ1v) is 17.4. The maximum atomic E-state index is 13.1. The van der Waals surface area contributed by atoms with E-state index < -0.39 is 13.7 Å². The first-order valence-electron chi connectivity index (χ1n) is 13.7. The molecule has 2 amide bonds. The molecule has 0 spiro atoms. The maximum Gasteiger partial charge on any atom is 0.410 e. The van der Waals surface area contributed by atoms with Crippen molar-refractivity contribution in [2.75, 3.05) is 45.3 Å². The number of anilines is 1. The second-order valence-corrected chi connectivity index (χ2v) is 18.2. The Morgan fingerprint density at radius 2 is 2.00 bits per heavy atom. The molecule has 39 heavy (non-hydrogen) atoms. The Labute approximate surface area is 233 Å². The average Bonchev–Trinajstić information content (AvgIpc) is 3.44. The lowest BCUT2D eigenvalue weighted by molar-refractivity contribution is 0.0289. The van der Waals surface area contributed by atoms with Gasteiger partial charge in [0.15, 0.2) is 5.65 Å². The number of rotatable bonds is 12. The molecule has 1 aliphatic heterocycles. The second-order valence-electron chi connectivity index (χ2n) is 12.6. The van der Waals surface area contributed by atoms with E-state index in [-0.39, 0.29) is 24.0 Å². The lowest BCUT2D eigenvalue weighted by atomic mass is 10.1. The summed E-state index contributed by atoms with van der Waals surface area (Å²) >= 11 is 0. The molecule has 1 saturated heterocycles. The summed E-state index contributed by atoms with van der Waals surface area (Å²) in [7, 11) is 0.391. The molecule has 0 radical (unpaired) electrons. The molecule has 2 aromatic heterocycles. The standard InChI is InChI=1S/C27H46N6O5Si/c1-19(17-36-5)30-25(34)21-16-33(18-37-11-12-39(6,7)8)24-23(21)31-22(14-29-24)28-13-20-9-10-32(15-20)26(35)38-27(2,3)4/h14,16,19-20H,9-13,15,17-18H2,1-8H3,(H,28,31)(H,30,34)/t19-,20?/m1/s1. The van der Waals surface area contributed by atoms with E-state index in [1.165, 1.54) is 0 Å². The van der Waals surface area contributed by atoms with Gasteiger partial charge in [0, 0.05) is 53.7 Å². The number of likely N-dealkylation sites (tertiary alicyclic amines) is 1. The first-order chi connectivity index (χ1) is 18.3. The topological polar surface area (TPSA) is 120 Å². The summed E-state index contributed by atoms with van der Waals surface area (Å²) in [6.07, 6.45) is 4.03. The third-order valence-electron chi connectivity index (χ3n) is 6.34. The SMILES string of the molecule is COC[C@@H](C)NC(=O)c1cn(COCC[Si](C)(C)C)c2ncc(NCC3CCN(C(=O)OC(C)(C)C)C3)nc12. The van der Waals surface area contributed by atoms with Crippen LogP contribution in [0.15, 0.2) is 12.4 Å². The zero-order valence-electron chi connectivity index (χ0n) is 24.8. The molecule has 2 atom stereocenters. The van der Waals surface area contributed by atoms with Crippen molar-refractivity contribution in [3.63, 3.8) is 0 Å². The summed E-state index contributed by atoms with van der Waals surface area (Å²) in [4.78, 5) is 36.7. The van der Waals surface area contributed by atoms with E-state index in [1.807, 2.05) is 32.3 Å². The zero-order valence-corrected chi connectivity index (χ0v) is 25.8. The Kier molecular flexibility index (Phi) is 10.4. The fourth-order valence-electron chi connectivity index (χ4n) is 4.28. The number of aromatic nitrogens is 3. The van der Waals surface area contributed by atoms with E-state index in [2.05, 4.69) is 35.3 Å². The molecule has 1 unspecified atom stereocenters. The molecule has 2 N–H and O–H groups in total. The monoisotopic (exact) mass is 562 g/mol. The number of amides is 2. The minimum absolute atomic E-state index is 0.154. The van der Waals surface area contributed by atoms with E-state index in [9.17, 15) is 9.59 Å². The first kappa shape index (κ1) is 30.8. The number of fused-ring (bicyclic) bond motifs is 1. The maximum absolute atomic E-state index is 13.1. The highest BCUT2D eigenvalue weighted by Gasteiger charge is 2.30. The van der Waals surface area contributed by atoms with Crippen LogP contribution >= 0.6 is 0 Å². The summed E-state index contributed by atoms with van der Waals surface area (Å²) in [5.74, 6) is 0.604. The van der Waals surface area contributed by atoms with Crippen LogP contribution in [-0.2, 0) is 20.9 Å². The summed E-state index contributed by atoms with van der Waals surface area (Å²) in [6.45, 7) is 17.7. The molecule has 0 saturated carbocycles. The van der Waals surface area contributed by atoms with Crippen molar-refractivity contribution in [1.29, 1.82) is 0 Å². The van der Waals surface area contributed by atoms with E-state index in [1.54, 1.807) is 24.4 Å². The Balaban J connectivity index is 1.71. The smallest absolute Gasteiger partial charge is 0.410 e. The highest BCUT2D eigenvalue weighted by molar-refractivity contribution is 6.76. The summed E-state index contributed by atoms with van der Waals surface area (Å²) in [5, 5.41) is 6.32. The van der Waals surface area contributed by atoms with Gasteiger partial charge in [-0.25, -0.2) is 14.8 Å². The van der Waals surface area contributed by atoms with Gasteiger partial charge in [-0.05, 0) is 46.1 Å². The molecular formula is C27H46N6O5Si. The van der Waals surface area contributed by atoms with Crippen LogP contribution in [0.2, 0.25) is 25.7 Å². The van der Waals surface area contributed by atoms with Crippen molar-refractivity contribution >= 4 is 37.1 Å². The van der Waals surface area contributed by atoms with Gasteiger partial charge in [0.2, 0.25) is 0 Å². The van der Waals surface area contributed by atoms with E-state index in [0.717, 1.165) is 12.5 Å². The fraction of sp³-hybridized carbons (Fsp3) is 0.704. The molecule has 0 aliphatic carbocycles. The highest BCUT2D eigenvalue weighted by atomic mass is 28.3. The minimum atomic E-state index is -1.21. The number of nitrogens with one attached hydrogen (secondary N) is 2. The molecule has 1 aliphatic rings. The van der Waals surface area contributed by atoms with Gasteiger partial charge in [0.1, 0.15) is 23.7 Å². The number of nitrogens with zero attached hydrogens (tertiary/aromatic N) is 4. The lowest BCUT2D eigenvalue weighted by Crippen LogP contribution is -2.35. The van der Waals surface area contributed by atoms with Crippen LogP contribution in [0.4, 0.5) is 10.6 Å². The van der Waals surface area contributed by atoms with Crippen LogP contribution < -0.4 is 10.6 Å². The molecule has 218 valence electrons. The molecule has 0 aromatic carbocycles. The predicted octanol–water partition coefficient (Wildman–Crippen LogP) is 4.18. The van der Waals surface area contributed by atoms with Gasteiger partial charge < -0.3 is 34.3 Å². The van der Waals surface area contributed by atoms with Crippen molar-refractivity contribution in [1.82, 2.24) is 24.8 Å². The van der Waals surface area contributed by atoms with Crippen LogP contribution in [0.3, 0.4) is 0 Å². The van der Waals surface area contributed by atoms with Crippen LogP contribution in [0.1, 0.15) is 44.5 Å². The molecule has 12 heteroatoms. The molecule has 11 nitrogen and oxygen atoms in total. The quantitative estimate of drug-likeness (QED) is 0.292. The molecule has 1 fully saturated rings. The normalized spacial score (nSPS) is 16.9. The molecular weight excluding hydrogens is 516 g/mol. The van der Waals surface area contributed by atoms with Gasteiger partial charge in [-0.1, -0.05) is 19.6 Å². The van der Waals surface area contributed by atoms with Crippen LogP contribution in [-0.4, -0.2) is 91.1 Å². The number of hydrogen-bond donors (Lipinski definition) is 2. The molecule has 2 aromatic rings. The third kappa shape index (κ3) is 9.47. The van der Waals surface area contributed by atoms with Crippen molar-refractivity contribution < 1.29 is 23.8 Å². The lowest BCUT2D eigenvalue weighted by Gasteiger charge is -2.24. The Bertz CT molecular complexity index is 1130. The van der Waals surface area contributed by atoms with Crippen molar-refractivity contribution in [3.8, 4) is 0 Å². The predicted molar refractivity (Wildman–Crippen MR) is 155 cm³/mol. The number of carbonyl (C=O) groups is 2. The van der Waals surface area contributed by atoms with Crippen molar-refractivity contribution in [2.45, 2.75) is 78.2 Å². The third-order valence-corrected chi connectivity index (χ3v) is 8.04. The highest BCUT2D eigenvalue weighted by Crippen LogP contribution is 2.23.